The molecule has 0 radical (unpaired) electrons. The van der Waals surface area contributed by atoms with Crippen LogP contribution in [0.4, 0.5) is 19.0 Å². The number of nitrogens with zero attached hydrogens (tertiary/aromatic N) is 8. The number of unbranched alkanes of at least 4 members (excludes halogenated alkanes) is 18. The highest BCUT2D eigenvalue weighted by Crippen LogP contribution is 2.67. The van der Waals surface area contributed by atoms with E-state index >= 15 is 0 Å². The highest BCUT2D eigenvalue weighted by molar-refractivity contribution is 7.68. The zero-order valence-corrected chi connectivity index (χ0v) is 50.9. The van der Waals surface area contributed by atoms with Crippen molar-refractivity contribution in [2.24, 2.45) is 5.92 Å². The number of aryl methyl sites for hydroxylation is 3. The van der Waals surface area contributed by atoms with Crippen LogP contribution in [0.3, 0.4) is 0 Å². The summed E-state index contributed by atoms with van der Waals surface area (Å²) in [5.74, 6) is 0.663. The zero-order chi connectivity index (χ0) is 55.4. The van der Waals surface area contributed by atoms with Crippen LogP contribution in [0, 0.1) is 23.4 Å². The van der Waals surface area contributed by atoms with E-state index in [0.29, 0.717) is 30.8 Å². The van der Waals surface area contributed by atoms with E-state index in [1.807, 2.05) is 17.8 Å². The highest BCUT2D eigenvalue weighted by Gasteiger charge is 2.48. The Kier molecular flexibility index (Phi) is 29.0. The molecule has 0 saturated heterocycles. The largest absolute Gasteiger partial charge is 0.380 e. The average Bonchev–Trinajstić information content (AvgIpc) is 3.72. The van der Waals surface area contributed by atoms with Gasteiger partial charge in [0.1, 0.15) is 23.3 Å². The standard InChI is InChI=1S/C60H90ClF3N8OP2.C3H6/c1-4-48-27-23-24-28-49(48)44-70(57-54-43-65-72(58(54)67-59(61)66-57)52-32-31-47(39-52)42-60(33-34-60)75(3)46-74-2)36-38-73-37-26-20-16-12-10-13-17-21-29-51-45-71(69-68-51)35-25-19-15-11-8-6-5-7-9-14-18-22-30-53-55(63)40-50(62)41-56(53)64;1-3-2/h23-24,27-28,40-41,43,45,47,52,74H,4-22,25-26,29-39,42,44,46H2,1-3H3;3H,1H2,2H3. The van der Waals surface area contributed by atoms with Crippen molar-refractivity contribution in [3.8, 4) is 0 Å². The van der Waals surface area contributed by atoms with Crippen molar-refractivity contribution in [3.63, 3.8) is 0 Å². The summed E-state index contributed by atoms with van der Waals surface area (Å²) < 4.78 is 51.2. The molecule has 2 aliphatic rings. The Bertz CT molecular complexity index is 2460. The van der Waals surface area contributed by atoms with Crippen molar-refractivity contribution >= 4 is 45.0 Å². The van der Waals surface area contributed by atoms with E-state index < -0.39 is 17.5 Å². The van der Waals surface area contributed by atoms with Gasteiger partial charge in [0.15, 0.2) is 5.65 Å². The molecule has 0 amide bonds. The molecule has 2 aromatic carbocycles. The lowest BCUT2D eigenvalue weighted by molar-refractivity contribution is 0.135. The second-order valence-electron chi connectivity index (χ2n) is 22.6. The number of benzene rings is 2. The van der Waals surface area contributed by atoms with Crippen molar-refractivity contribution in [2.75, 3.05) is 43.9 Å². The van der Waals surface area contributed by atoms with Crippen molar-refractivity contribution in [1.29, 1.82) is 0 Å². The first-order valence-electron chi connectivity index (χ1n) is 30.3. The lowest BCUT2D eigenvalue weighted by atomic mass is 10.00. The predicted molar refractivity (Wildman–Crippen MR) is 325 cm³/mol. The van der Waals surface area contributed by atoms with Crippen LogP contribution in [0.2, 0.25) is 5.28 Å². The van der Waals surface area contributed by atoms with Gasteiger partial charge in [0.25, 0.3) is 0 Å². The van der Waals surface area contributed by atoms with Crippen LogP contribution in [0.15, 0.2) is 61.4 Å². The number of fused-ring (bicyclic) bond motifs is 1. The Labute approximate surface area is 476 Å². The number of allylic oxidation sites excluding steroid dienone is 1. The molecule has 3 heterocycles. The Morgan fingerprint density at radius 2 is 1.42 bits per heavy atom. The second kappa shape index (κ2) is 35.4. The molecule has 78 heavy (non-hydrogen) atoms. The van der Waals surface area contributed by atoms with Gasteiger partial charge in [-0.2, -0.15) is 15.1 Å². The van der Waals surface area contributed by atoms with Crippen LogP contribution in [0.1, 0.15) is 209 Å². The fourth-order valence-corrected chi connectivity index (χ4v) is 16.6. The van der Waals surface area contributed by atoms with Crippen LogP contribution in [-0.2, 0) is 37.1 Å². The van der Waals surface area contributed by atoms with E-state index in [2.05, 4.69) is 77.2 Å². The van der Waals surface area contributed by atoms with Gasteiger partial charge in [0, 0.05) is 50.1 Å². The van der Waals surface area contributed by atoms with E-state index in [1.54, 1.807) is 6.08 Å². The maximum absolute atomic E-state index is 13.8. The minimum absolute atomic E-state index is 0.0134. The van der Waals surface area contributed by atoms with Gasteiger partial charge >= 0.3 is 0 Å². The summed E-state index contributed by atoms with van der Waals surface area (Å²) in [6, 6.07) is 10.6. The first-order chi connectivity index (χ1) is 38.1. The Balaban J connectivity index is 0.00000320. The Hall–Kier alpha value is -3.43. The van der Waals surface area contributed by atoms with E-state index in [9.17, 15) is 13.2 Å². The van der Waals surface area contributed by atoms with Gasteiger partial charge < -0.3 is 9.64 Å². The van der Waals surface area contributed by atoms with Crippen molar-refractivity contribution in [1.82, 2.24) is 34.7 Å². The number of anilines is 1. The van der Waals surface area contributed by atoms with E-state index in [1.165, 1.54) is 139 Å². The Morgan fingerprint density at radius 1 is 0.821 bits per heavy atom. The lowest BCUT2D eigenvalue weighted by Gasteiger charge is -2.27. The highest BCUT2D eigenvalue weighted by atomic mass is 35.5. The minimum atomic E-state index is -0.859. The molecule has 9 nitrogen and oxygen atoms in total. The molecule has 0 bridgehead atoms. The van der Waals surface area contributed by atoms with Gasteiger partial charge in [0.05, 0.1) is 29.9 Å². The van der Waals surface area contributed by atoms with Crippen molar-refractivity contribution in [2.45, 2.75) is 224 Å². The molecule has 2 saturated carbocycles. The molecule has 2 aliphatic carbocycles. The quantitative estimate of drug-likeness (QED) is 0.0168. The van der Waals surface area contributed by atoms with Crippen LogP contribution in [-0.4, -0.2) is 78.9 Å². The fraction of sp³-hybridized carbons (Fsp3) is 0.667. The van der Waals surface area contributed by atoms with Gasteiger partial charge in [-0.15, -0.1) is 20.3 Å². The first-order valence-corrected chi connectivity index (χ1v) is 34.4. The molecular weight excluding hydrogens is 1040 g/mol. The van der Waals surface area contributed by atoms with Gasteiger partial charge in [-0.1, -0.05) is 153 Å². The lowest BCUT2D eigenvalue weighted by Crippen LogP contribution is -2.29. The zero-order valence-electron chi connectivity index (χ0n) is 48.3. The summed E-state index contributed by atoms with van der Waals surface area (Å²) in [6.07, 6.45) is 39.7. The fourth-order valence-electron chi connectivity index (χ4n) is 11.8. The number of hydrogen-bond acceptors (Lipinski definition) is 7. The third-order valence-corrected chi connectivity index (χ3v) is 21.9. The summed E-state index contributed by atoms with van der Waals surface area (Å²) in [7, 11) is 1.21. The Morgan fingerprint density at radius 3 is 2.05 bits per heavy atom. The molecule has 7 rings (SSSR count). The van der Waals surface area contributed by atoms with Gasteiger partial charge in [-0.3, -0.25) is 4.68 Å². The number of halogens is 4. The van der Waals surface area contributed by atoms with Crippen LogP contribution >= 0.6 is 28.1 Å². The summed E-state index contributed by atoms with van der Waals surface area (Å²) in [6.45, 7) is 16.2. The number of aromatic nitrogens is 7. The van der Waals surface area contributed by atoms with E-state index in [0.717, 1.165) is 127 Å². The third kappa shape index (κ3) is 21.2. The number of ether oxygens (including phenoxy) is 1. The molecule has 3 aromatic heterocycles. The second-order valence-corrected chi connectivity index (χ2v) is 27.2. The molecular formula is C63H96ClF3N8OP2. The maximum Gasteiger partial charge on any atom is 0.226 e. The number of hydrogen-bond donors (Lipinski definition) is 0. The summed E-state index contributed by atoms with van der Waals surface area (Å²) in [5, 5.41) is 15.8. The third-order valence-electron chi connectivity index (χ3n) is 16.4. The minimum Gasteiger partial charge on any atom is -0.380 e. The van der Waals surface area contributed by atoms with Crippen LogP contribution in [0.25, 0.3) is 11.0 Å². The molecule has 4 unspecified atom stereocenters. The van der Waals surface area contributed by atoms with Crippen molar-refractivity contribution < 1.29 is 17.9 Å². The molecule has 5 aromatic rings. The van der Waals surface area contributed by atoms with E-state index in [4.69, 9.17) is 31.4 Å². The topological polar surface area (TPSA) is 86.8 Å². The SMILES string of the molecule is C=CC.CCc1ccccc1CN(CCOCCCCCCCCCCc1cn(CCCCCCCCCCCCCCc2c(F)cc(F)cc2F)nn1)c1nc(Cl)nc2c1cnn2C1CCC(CC2(P(C)CPC)CC2)C1. The molecule has 0 aliphatic heterocycles. The average molecular weight is 1140 g/mol. The predicted octanol–water partition coefficient (Wildman–Crippen LogP) is 18.2. The van der Waals surface area contributed by atoms with Crippen molar-refractivity contribution in [3.05, 3.63) is 107 Å². The summed E-state index contributed by atoms with van der Waals surface area (Å²) in [5.41, 5.74) is 4.64. The molecule has 432 valence electrons. The van der Waals surface area contributed by atoms with Crippen LogP contribution < -0.4 is 4.90 Å². The van der Waals surface area contributed by atoms with Gasteiger partial charge in [-0.25, -0.2) is 17.9 Å². The smallest absolute Gasteiger partial charge is 0.226 e. The van der Waals surface area contributed by atoms with Gasteiger partial charge in [0.2, 0.25) is 5.28 Å². The molecule has 4 atom stereocenters. The molecule has 2 fully saturated rings. The van der Waals surface area contributed by atoms with Gasteiger partial charge in [-0.05, 0) is 143 Å². The molecule has 0 spiro atoms. The number of rotatable bonds is 39. The maximum atomic E-state index is 13.8. The monoisotopic (exact) mass is 1130 g/mol. The van der Waals surface area contributed by atoms with E-state index in [-0.39, 0.29) is 18.8 Å². The molecule has 15 heteroatoms. The summed E-state index contributed by atoms with van der Waals surface area (Å²) in [4.78, 5) is 12.0. The van der Waals surface area contributed by atoms with Crippen LogP contribution in [0.5, 0.6) is 0 Å². The first kappa shape index (κ1) is 63.7. The molecule has 0 N–H and O–H groups in total. The summed E-state index contributed by atoms with van der Waals surface area (Å²) >= 11 is 6.78. The normalized spacial score (nSPS) is 16.3.